The molecule has 0 bridgehead atoms. The lowest BCUT2D eigenvalue weighted by Gasteiger charge is -2.39. The van der Waals surface area contributed by atoms with Gasteiger partial charge in [0.25, 0.3) is 0 Å². The van der Waals surface area contributed by atoms with E-state index in [1.807, 2.05) is 0 Å². The van der Waals surface area contributed by atoms with Crippen LogP contribution in [0, 0.1) is 5.41 Å². The molecule has 2 heteroatoms. The first kappa shape index (κ1) is 12.0. The Hall–Kier alpha value is -0.0800. The van der Waals surface area contributed by atoms with Crippen LogP contribution in [0.15, 0.2) is 0 Å². The van der Waals surface area contributed by atoms with Crippen LogP contribution in [-0.4, -0.2) is 28.8 Å². The molecule has 0 amide bonds. The molecule has 1 N–H and O–H groups in total. The molecule has 84 valence electrons. The van der Waals surface area contributed by atoms with Gasteiger partial charge in [0.2, 0.25) is 0 Å². The Labute approximate surface area is 88.3 Å². The normalized spacial score (nSPS) is 26.8. The second-order valence-corrected chi connectivity index (χ2v) is 5.28. The van der Waals surface area contributed by atoms with Crippen LogP contribution in [0.4, 0.5) is 0 Å². The minimum absolute atomic E-state index is 0.193. The van der Waals surface area contributed by atoms with E-state index in [-0.39, 0.29) is 6.23 Å². The molecule has 1 aliphatic rings. The third kappa shape index (κ3) is 2.48. The maximum atomic E-state index is 9.82. The molecule has 2 unspecified atom stereocenters. The molecule has 1 saturated heterocycles. The van der Waals surface area contributed by atoms with E-state index in [0.717, 1.165) is 19.4 Å². The zero-order valence-corrected chi connectivity index (χ0v) is 10.1. The second-order valence-electron chi connectivity index (χ2n) is 5.28. The Morgan fingerprint density at radius 2 is 2.14 bits per heavy atom. The minimum Gasteiger partial charge on any atom is -0.378 e. The topological polar surface area (TPSA) is 23.5 Å². The number of aliphatic hydroxyl groups is 1. The molecular formula is C12H25NO. The third-order valence-electron chi connectivity index (χ3n) is 3.78. The monoisotopic (exact) mass is 199 g/mol. The van der Waals surface area contributed by atoms with Gasteiger partial charge in [0.15, 0.2) is 0 Å². The summed E-state index contributed by atoms with van der Waals surface area (Å²) in [4.78, 5) is 2.26. The van der Waals surface area contributed by atoms with E-state index in [1.54, 1.807) is 0 Å². The van der Waals surface area contributed by atoms with Gasteiger partial charge in [-0.05, 0) is 31.6 Å². The van der Waals surface area contributed by atoms with E-state index in [9.17, 15) is 5.11 Å². The molecule has 1 rings (SSSR count). The van der Waals surface area contributed by atoms with Gasteiger partial charge in [-0.15, -0.1) is 0 Å². The highest BCUT2D eigenvalue weighted by Gasteiger charge is 2.35. The Balaban J connectivity index is 2.58. The van der Waals surface area contributed by atoms with Gasteiger partial charge in [0.1, 0.15) is 6.23 Å². The summed E-state index contributed by atoms with van der Waals surface area (Å²) < 4.78 is 0. The van der Waals surface area contributed by atoms with Gasteiger partial charge >= 0.3 is 0 Å². The lowest BCUT2D eigenvalue weighted by atomic mass is 9.80. The summed E-state index contributed by atoms with van der Waals surface area (Å²) >= 11 is 0. The van der Waals surface area contributed by atoms with Gasteiger partial charge in [-0.1, -0.05) is 27.2 Å². The minimum atomic E-state index is -0.193. The summed E-state index contributed by atoms with van der Waals surface area (Å²) in [7, 11) is 0. The molecule has 0 aromatic rings. The Kier molecular flexibility index (Phi) is 3.96. The van der Waals surface area contributed by atoms with Crippen molar-refractivity contribution in [1.29, 1.82) is 0 Å². The summed E-state index contributed by atoms with van der Waals surface area (Å²) in [6, 6.07) is 0.486. The maximum Gasteiger partial charge on any atom is 0.107 e. The van der Waals surface area contributed by atoms with Gasteiger partial charge in [-0.25, -0.2) is 0 Å². The molecule has 0 aliphatic carbocycles. The van der Waals surface area contributed by atoms with Crippen LogP contribution in [-0.2, 0) is 0 Å². The first-order chi connectivity index (χ1) is 6.49. The summed E-state index contributed by atoms with van der Waals surface area (Å²) in [5.41, 5.74) is 0.320. The summed E-state index contributed by atoms with van der Waals surface area (Å²) in [5.74, 6) is 0. The molecule has 1 fully saturated rings. The lowest BCUT2D eigenvalue weighted by molar-refractivity contribution is -0.0246. The average Bonchev–Trinajstić information content (AvgIpc) is 2.50. The van der Waals surface area contributed by atoms with Crippen LogP contribution < -0.4 is 0 Å². The molecule has 0 radical (unpaired) electrons. The molecule has 1 aliphatic heterocycles. The smallest absolute Gasteiger partial charge is 0.107 e. The van der Waals surface area contributed by atoms with Crippen molar-refractivity contribution in [3.8, 4) is 0 Å². The van der Waals surface area contributed by atoms with Gasteiger partial charge in [-0.2, -0.15) is 0 Å². The molecule has 0 aromatic heterocycles. The molecule has 0 aromatic carbocycles. The molecule has 1 heterocycles. The second kappa shape index (κ2) is 4.63. The Morgan fingerprint density at radius 1 is 1.50 bits per heavy atom. The predicted octanol–water partition coefficient (Wildman–Crippen LogP) is 2.62. The highest BCUT2D eigenvalue weighted by atomic mass is 16.3. The molecule has 0 saturated carbocycles. The van der Waals surface area contributed by atoms with Gasteiger partial charge in [-0.3, -0.25) is 4.90 Å². The zero-order chi connectivity index (χ0) is 10.8. The number of rotatable bonds is 4. The molecule has 14 heavy (non-hydrogen) atoms. The van der Waals surface area contributed by atoms with Crippen LogP contribution in [0.3, 0.4) is 0 Å². The maximum absolute atomic E-state index is 9.82. The fourth-order valence-electron chi connectivity index (χ4n) is 2.53. The van der Waals surface area contributed by atoms with Gasteiger partial charge < -0.3 is 5.11 Å². The number of hydrogen-bond donors (Lipinski definition) is 1. The third-order valence-corrected chi connectivity index (χ3v) is 3.78. The van der Waals surface area contributed by atoms with Gasteiger partial charge in [0.05, 0.1) is 0 Å². The van der Waals surface area contributed by atoms with Crippen LogP contribution in [0.25, 0.3) is 0 Å². The fourth-order valence-corrected chi connectivity index (χ4v) is 2.53. The van der Waals surface area contributed by atoms with Crippen LogP contribution in [0.2, 0.25) is 0 Å². The molecule has 2 atom stereocenters. The number of nitrogens with zero attached hydrogens (tertiary/aromatic N) is 1. The summed E-state index contributed by atoms with van der Waals surface area (Å²) in [6.45, 7) is 10.2. The van der Waals surface area contributed by atoms with Crippen LogP contribution in [0.5, 0.6) is 0 Å². The zero-order valence-electron chi connectivity index (χ0n) is 10.1. The predicted molar refractivity (Wildman–Crippen MR) is 60.1 cm³/mol. The fraction of sp³-hybridized carbons (Fsp3) is 1.00. The number of likely N-dealkylation sites (tertiary alicyclic amines) is 1. The van der Waals surface area contributed by atoms with E-state index in [4.69, 9.17) is 0 Å². The van der Waals surface area contributed by atoms with Crippen LogP contribution >= 0.6 is 0 Å². The van der Waals surface area contributed by atoms with E-state index >= 15 is 0 Å². The van der Waals surface area contributed by atoms with E-state index in [1.165, 1.54) is 12.8 Å². The van der Waals surface area contributed by atoms with Gasteiger partial charge in [0, 0.05) is 12.6 Å². The number of hydrogen-bond acceptors (Lipinski definition) is 2. The van der Waals surface area contributed by atoms with Crippen molar-refractivity contribution >= 4 is 0 Å². The molecule has 2 nitrogen and oxygen atoms in total. The Bertz CT molecular complexity index is 179. The van der Waals surface area contributed by atoms with Crippen LogP contribution in [0.1, 0.15) is 53.4 Å². The SMILES string of the molecule is CCCC(C)(C)C(C)N1CCCC1O. The lowest BCUT2D eigenvalue weighted by Crippen LogP contribution is -2.45. The van der Waals surface area contributed by atoms with Crippen molar-refractivity contribution in [2.24, 2.45) is 5.41 Å². The quantitative estimate of drug-likeness (QED) is 0.752. The number of aliphatic hydroxyl groups excluding tert-OH is 1. The van der Waals surface area contributed by atoms with Crippen molar-refractivity contribution in [3.05, 3.63) is 0 Å². The largest absolute Gasteiger partial charge is 0.378 e. The summed E-state index contributed by atoms with van der Waals surface area (Å²) in [5, 5.41) is 9.82. The Morgan fingerprint density at radius 3 is 2.57 bits per heavy atom. The van der Waals surface area contributed by atoms with Crippen molar-refractivity contribution in [3.63, 3.8) is 0 Å². The highest BCUT2D eigenvalue weighted by Crippen LogP contribution is 2.33. The standard InChI is InChI=1S/C12H25NO/c1-5-8-12(3,4)10(2)13-9-6-7-11(13)14/h10-11,14H,5-9H2,1-4H3. The molecule has 0 spiro atoms. The highest BCUT2D eigenvalue weighted by molar-refractivity contribution is 4.86. The molecular weight excluding hydrogens is 174 g/mol. The van der Waals surface area contributed by atoms with Crippen molar-refractivity contribution in [2.45, 2.75) is 65.6 Å². The first-order valence-corrected chi connectivity index (χ1v) is 5.93. The average molecular weight is 199 g/mol. The van der Waals surface area contributed by atoms with E-state index < -0.39 is 0 Å². The van der Waals surface area contributed by atoms with E-state index in [0.29, 0.717) is 11.5 Å². The first-order valence-electron chi connectivity index (χ1n) is 5.93. The van der Waals surface area contributed by atoms with Crippen molar-refractivity contribution < 1.29 is 5.11 Å². The summed E-state index contributed by atoms with van der Waals surface area (Å²) in [6.07, 6.45) is 4.36. The van der Waals surface area contributed by atoms with E-state index in [2.05, 4.69) is 32.6 Å². The van der Waals surface area contributed by atoms with Crippen molar-refractivity contribution in [1.82, 2.24) is 4.90 Å². The van der Waals surface area contributed by atoms with Crippen molar-refractivity contribution in [2.75, 3.05) is 6.54 Å².